The fraction of sp³-hybridized carbons (Fsp3) is 0.588. The Bertz CT molecular complexity index is 750. The van der Waals surface area contributed by atoms with E-state index in [9.17, 15) is 18.3 Å². The number of benzene rings is 1. The SMILES string of the molecule is CC1(C)CC(=O)Nc2ccc(S(=O)(=O)NC3CCC(O)CC3)cc21. The molecule has 0 radical (unpaired) electrons. The van der Waals surface area contributed by atoms with Gasteiger partial charge in [-0.25, -0.2) is 13.1 Å². The second-order valence-corrected chi connectivity index (χ2v) is 9.16. The Hall–Kier alpha value is -1.44. The number of anilines is 1. The van der Waals surface area contributed by atoms with Gasteiger partial charge in [-0.1, -0.05) is 13.8 Å². The van der Waals surface area contributed by atoms with E-state index in [1.807, 2.05) is 13.8 Å². The molecule has 1 saturated carbocycles. The van der Waals surface area contributed by atoms with Gasteiger partial charge in [0, 0.05) is 23.6 Å². The van der Waals surface area contributed by atoms with Crippen LogP contribution in [0.2, 0.25) is 0 Å². The van der Waals surface area contributed by atoms with Crippen LogP contribution in [0.4, 0.5) is 5.69 Å². The average molecular weight is 352 g/mol. The van der Waals surface area contributed by atoms with Crippen LogP contribution < -0.4 is 10.0 Å². The van der Waals surface area contributed by atoms with Crippen LogP contribution in [-0.2, 0) is 20.2 Å². The van der Waals surface area contributed by atoms with E-state index >= 15 is 0 Å². The van der Waals surface area contributed by atoms with Crippen LogP contribution in [0.3, 0.4) is 0 Å². The fourth-order valence-electron chi connectivity index (χ4n) is 3.53. The van der Waals surface area contributed by atoms with E-state index in [4.69, 9.17) is 0 Å². The molecule has 1 aromatic rings. The number of amides is 1. The highest BCUT2D eigenvalue weighted by molar-refractivity contribution is 7.89. The first-order valence-electron chi connectivity index (χ1n) is 8.32. The summed E-state index contributed by atoms with van der Waals surface area (Å²) in [7, 11) is -3.62. The summed E-state index contributed by atoms with van der Waals surface area (Å²) >= 11 is 0. The smallest absolute Gasteiger partial charge is 0.240 e. The molecule has 132 valence electrons. The number of hydrogen-bond donors (Lipinski definition) is 3. The fourth-order valence-corrected chi connectivity index (χ4v) is 4.86. The standard InChI is InChI=1S/C17H24N2O4S/c1-17(2)10-16(21)18-15-8-7-13(9-14(15)17)24(22,23)19-11-3-5-12(20)6-4-11/h7-9,11-12,19-20H,3-6,10H2,1-2H3,(H,18,21). The molecule has 0 unspecified atom stereocenters. The molecule has 1 fully saturated rings. The van der Waals surface area contributed by atoms with Crippen LogP contribution >= 0.6 is 0 Å². The van der Waals surface area contributed by atoms with E-state index in [1.165, 1.54) is 6.07 Å². The molecule has 3 rings (SSSR count). The predicted octanol–water partition coefficient (Wildman–Crippen LogP) is 1.89. The number of nitrogens with one attached hydrogen (secondary N) is 2. The topological polar surface area (TPSA) is 95.5 Å². The van der Waals surface area contributed by atoms with Crippen molar-refractivity contribution in [3.8, 4) is 0 Å². The van der Waals surface area contributed by atoms with Crippen molar-refractivity contribution in [1.29, 1.82) is 0 Å². The van der Waals surface area contributed by atoms with Crippen molar-refractivity contribution in [3.63, 3.8) is 0 Å². The highest BCUT2D eigenvalue weighted by Gasteiger charge is 2.33. The first-order valence-corrected chi connectivity index (χ1v) is 9.80. The molecular formula is C17H24N2O4S. The summed E-state index contributed by atoms with van der Waals surface area (Å²) in [5, 5.41) is 12.3. The number of fused-ring (bicyclic) bond motifs is 1. The Kier molecular flexibility index (Phi) is 4.44. The van der Waals surface area contributed by atoms with Gasteiger partial charge in [-0.05, 0) is 49.4 Å². The monoisotopic (exact) mass is 352 g/mol. The van der Waals surface area contributed by atoms with Crippen LogP contribution in [-0.4, -0.2) is 31.6 Å². The third kappa shape index (κ3) is 3.48. The maximum absolute atomic E-state index is 12.7. The molecule has 7 heteroatoms. The van der Waals surface area contributed by atoms with E-state index in [-0.39, 0.29) is 22.9 Å². The van der Waals surface area contributed by atoms with Crippen molar-refractivity contribution in [2.24, 2.45) is 0 Å². The third-order valence-corrected chi connectivity index (χ3v) is 6.44. The van der Waals surface area contributed by atoms with E-state index in [0.29, 0.717) is 37.8 Å². The van der Waals surface area contributed by atoms with Crippen LogP contribution in [0.15, 0.2) is 23.1 Å². The highest BCUT2D eigenvalue weighted by atomic mass is 32.2. The number of carbonyl (C=O) groups excluding carboxylic acids is 1. The Balaban J connectivity index is 1.85. The van der Waals surface area contributed by atoms with E-state index in [1.54, 1.807) is 12.1 Å². The largest absolute Gasteiger partial charge is 0.393 e. The number of hydrogen-bond acceptors (Lipinski definition) is 4. The molecule has 6 nitrogen and oxygen atoms in total. The van der Waals surface area contributed by atoms with E-state index in [0.717, 1.165) is 5.56 Å². The molecule has 0 saturated heterocycles. The van der Waals surface area contributed by atoms with Gasteiger partial charge in [0.2, 0.25) is 15.9 Å². The Morgan fingerprint density at radius 2 is 1.88 bits per heavy atom. The first kappa shape index (κ1) is 17.4. The van der Waals surface area contributed by atoms with Crippen LogP contribution in [0.25, 0.3) is 0 Å². The number of rotatable bonds is 3. The summed E-state index contributed by atoms with van der Waals surface area (Å²) in [4.78, 5) is 12.0. The maximum atomic E-state index is 12.7. The van der Waals surface area contributed by atoms with Gasteiger partial charge in [0.25, 0.3) is 0 Å². The Labute approximate surface area is 142 Å². The van der Waals surface area contributed by atoms with Gasteiger partial charge in [-0.3, -0.25) is 4.79 Å². The minimum atomic E-state index is -3.62. The molecule has 1 aromatic carbocycles. The number of aliphatic hydroxyl groups excluding tert-OH is 1. The molecule has 24 heavy (non-hydrogen) atoms. The molecule has 0 aromatic heterocycles. The van der Waals surface area contributed by atoms with Crippen molar-refractivity contribution in [3.05, 3.63) is 23.8 Å². The molecule has 0 atom stereocenters. The minimum Gasteiger partial charge on any atom is -0.393 e. The number of sulfonamides is 1. The van der Waals surface area contributed by atoms with Crippen molar-refractivity contribution in [1.82, 2.24) is 4.72 Å². The minimum absolute atomic E-state index is 0.0537. The molecular weight excluding hydrogens is 328 g/mol. The Morgan fingerprint density at radius 3 is 2.54 bits per heavy atom. The molecule has 1 aliphatic heterocycles. The van der Waals surface area contributed by atoms with Gasteiger partial charge in [0.1, 0.15) is 0 Å². The van der Waals surface area contributed by atoms with Crippen LogP contribution in [0, 0.1) is 0 Å². The summed E-state index contributed by atoms with van der Waals surface area (Å²) < 4.78 is 28.1. The highest BCUT2D eigenvalue weighted by Crippen LogP contribution is 2.38. The van der Waals surface area contributed by atoms with Crippen molar-refractivity contribution >= 4 is 21.6 Å². The lowest BCUT2D eigenvalue weighted by molar-refractivity contribution is -0.117. The molecule has 1 aliphatic carbocycles. The van der Waals surface area contributed by atoms with Crippen LogP contribution in [0.1, 0.15) is 51.5 Å². The second kappa shape index (κ2) is 6.13. The summed E-state index contributed by atoms with van der Waals surface area (Å²) in [5.41, 5.74) is 1.11. The lowest BCUT2D eigenvalue weighted by Crippen LogP contribution is -2.39. The van der Waals surface area contributed by atoms with Crippen LogP contribution in [0.5, 0.6) is 0 Å². The lowest BCUT2D eigenvalue weighted by atomic mass is 9.78. The summed E-state index contributed by atoms with van der Waals surface area (Å²) in [6.07, 6.45) is 2.54. The predicted molar refractivity (Wildman–Crippen MR) is 91.3 cm³/mol. The van der Waals surface area contributed by atoms with Gasteiger partial charge < -0.3 is 10.4 Å². The molecule has 2 aliphatic rings. The molecule has 3 N–H and O–H groups in total. The normalized spacial score (nSPS) is 26.5. The Morgan fingerprint density at radius 1 is 1.21 bits per heavy atom. The van der Waals surface area contributed by atoms with Gasteiger partial charge in [0.05, 0.1) is 11.0 Å². The van der Waals surface area contributed by atoms with Crippen molar-refractivity contribution < 1.29 is 18.3 Å². The second-order valence-electron chi connectivity index (χ2n) is 7.44. The molecule has 1 amide bonds. The zero-order chi connectivity index (χ0) is 17.5. The first-order chi connectivity index (χ1) is 11.2. The van der Waals surface area contributed by atoms with Crippen molar-refractivity contribution in [2.75, 3.05) is 5.32 Å². The number of aliphatic hydroxyl groups is 1. The van der Waals surface area contributed by atoms with Gasteiger partial charge >= 0.3 is 0 Å². The zero-order valence-electron chi connectivity index (χ0n) is 14.0. The summed E-state index contributed by atoms with van der Waals surface area (Å²) in [6, 6.07) is 4.71. The van der Waals surface area contributed by atoms with Gasteiger partial charge in [-0.15, -0.1) is 0 Å². The van der Waals surface area contributed by atoms with Crippen molar-refractivity contribution in [2.45, 2.75) is 68.4 Å². The van der Waals surface area contributed by atoms with Gasteiger partial charge in [-0.2, -0.15) is 0 Å². The number of carbonyl (C=O) groups is 1. The molecule has 0 spiro atoms. The lowest BCUT2D eigenvalue weighted by Gasteiger charge is -2.32. The average Bonchev–Trinajstić information content (AvgIpc) is 2.48. The quantitative estimate of drug-likeness (QED) is 0.774. The zero-order valence-corrected chi connectivity index (χ0v) is 14.8. The maximum Gasteiger partial charge on any atom is 0.240 e. The van der Waals surface area contributed by atoms with E-state index in [2.05, 4.69) is 10.0 Å². The summed E-state index contributed by atoms with van der Waals surface area (Å²) in [5.74, 6) is -0.0537. The summed E-state index contributed by atoms with van der Waals surface area (Å²) in [6.45, 7) is 3.88. The molecule has 0 bridgehead atoms. The van der Waals surface area contributed by atoms with Gasteiger partial charge in [0.15, 0.2) is 0 Å². The third-order valence-electron chi connectivity index (χ3n) is 4.93. The molecule has 1 heterocycles. The van der Waals surface area contributed by atoms with E-state index < -0.39 is 15.4 Å².